The summed E-state index contributed by atoms with van der Waals surface area (Å²) < 4.78 is 1.88. The molecule has 28 heavy (non-hydrogen) atoms. The van der Waals surface area contributed by atoms with Gasteiger partial charge in [-0.05, 0) is 56.7 Å². The minimum absolute atomic E-state index is 0.0856. The molecule has 3 heterocycles. The van der Waals surface area contributed by atoms with Crippen molar-refractivity contribution in [2.45, 2.75) is 51.0 Å². The van der Waals surface area contributed by atoms with Gasteiger partial charge in [0, 0.05) is 36.5 Å². The second kappa shape index (κ2) is 6.89. The molecule has 1 aliphatic heterocycles. The minimum Gasteiger partial charge on any atom is -0.307 e. The molecule has 0 saturated carbocycles. The quantitative estimate of drug-likeness (QED) is 0.758. The maximum Gasteiger partial charge on any atom is 0.253 e. The molecule has 1 aliphatic carbocycles. The fraction of sp³-hybridized carbons (Fsp3) is 0.478. The van der Waals surface area contributed by atoms with E-state index in [9.17, 15) is 4.79 Å². The van der Waals surface area contributed by atoms with Crippen molar-refractivity contribution in [3.05, 3.63) is 63.1 Å². The van der Waals surface area contributed by atoms with Gasteiger partial charge in [-0.1, -0.05) is 30.3 Å². The van der Waals surface area contributed by atoms with Gasteiger partial charge < -0.3 is 4.98 Å². The van der Waals surface area contributed by atoms with E-state index in [1.807, 2.05) is 11.7 Å². The van der Waals surface area contributed by atoms with Crippen LogP contribution in [0.4, 0.5) is 0 Å². The first-order chi connectivity index (χ1) is 13.6. The number of nitrogens with one attached hydrogen (secondary N) is 1. The third-order valence-electron chi connectivity index (χ3n) is 6.79. The van der Waals surface area contributed by atoms with E-state index >= 15 is 0 Å². The molecule has 1 N–H and O–H groups in total. The van der Waals surface area contributed by atoms with Crippen LogP contribution in [0.5, 0.6) is 0 Å². The highest BCUT2D eigenvalue weighted by atomic mass is 16.1. The second-order valence-electron chi connectivity index (χ2n) is 8.42. The molecular weight excluding hydrogens is 348 g/mol. The first-order valence-electron chi connectivity index (χ1n) is 10.5. The molecule has 5 heteroatoms. The number of aryl methyl sites for hydroxylation is 2. The van der Waals surface area contributed by atoms with E-state index in [2.05, 4.69) is 47.1 Å². The average Bonchev–Trinajstić information content (AvgIpc) is 3.34. The minimum atomic E-state index is 0.0856. The second-order valence-corrected chi connectivity index (χ2v) is 8.42. The summed E-state index contributed by atoms with van der Waals surface area (Å²) in [6.45, 7) is 4.41. The van der Waals surface area contributed by atoms with Gasteiger partial charge in [0.25, 0.3) is 5.56 Å². The highest BCUT2D eigenvalue weighted by Gasteiger charge is 2.32. The number of H-pyrrole nitrogens is 1. The van der Waals surface area contributed by atoms with Gasteiger partial charge >= 0.3 is 0 Å². The molecular formula is C23H28N4O. The summed E-state index contributed by atoms with van der Waals surface area (Å²) in [6, 6.07) is 11.2. The fourth-order valence-corrected chi connectivity index (χ4v) is 5.19. The Labute approximate surface area is 165 Å². The molecule has 1 fully saturated rings. The van der Waals surface area contributed by atoms with E-state index in [1.54, 1.807) is 0 Å². The van der Waals surface area contributed by atoms with Crippen molar-refractivity contribution in [3.8, 4) is 0 Å². The lowest BCUT2D eigenvalue weighted by molar-refractivity contribution is 0.259. The van der Waals surface area contributed by atoms with Gasteiger partial charge in [-0.2, -0.15) is 5.10 Å². The summed E-state index contributed by atoms with van der Waals surface area (Å²) in [5.74, 6) is 0.423. The van der Waals surface area contributed by atoms with Crippen LogP contribution in [0.2, 0.25) is 0 Å². The van der Waals surface area contributed by atoms with Crippen LogP contribution in [-0.4, -0.2) is 32.8 Å². The number of benzene rings is 1. The number of nitrogens with zero attached hydrogens (tertiary/aromatic N) is 3. The Morgan fingerprint density at radius 1 is 1.14 bits per heavy atom. The number of likely N-dealkylation sites (tertiary alicyclic amines) is 1. The van der Waals surface area contributed by atoms with Gasteiger partial charge in [0.05, 0.1) is 5.69 Å². The Morgan fingerprint density at radius 3 is 2.68 bits per heavy atom. The number of aromatic nitrogens is 3. The normalized spacial score (nSPS) is 21.1. The summed E-state index contributed by atoms with van der Waals surface area (Å²) >= 11 is 0. The lowest BCUT2D eigenvalue weighted by Crippen LogP contribution is -2.24. The first-order valence-corrected chi connectivity index (χ1v) is 10.5. The summed E-state index contributed by atoms with van der Waals surface area (Å²) in [6.07, 6.45) is 5.31. The molecule has 0 spiro atoms. The molecule has 1 aromatic carbocycles. The summed E-state index contributed by atoms with van der Waals surface area (Å²) in [7, 11) is 1.95. The zero-order chi connectivity index (χ0) is 19.3. The van der Waals surface area contributed by atoms with E-state index in [-0.39, 0.29) is 5.56 Å². The van der Waals surface area contributed by atoms with E-state index in [4.69, 9.17) is 5.10 Å². The maximum atomic E-state index is 12.6. The molecule has 3 aromatic rings. The molecule has 2 aliphatic rings. The lowest BCUT2D eigenvalue weighted by Gasteiger charge is -2.24. The largest absolute Gasteiger partial charge is 0.307 e. The van der Waals surface area contributed by atoms with Gasteiger partial charge in [0.2, 0.25) is 0 Å². The summed E-state index contributed by atoms with van der Waals surface area (Å²) in [4.78, 5) is 18.2. The summed E-state index contributed by atoms with van der Waals surface area (Å²) in [5.41, 5.74) is 5.81. The monoisotopic (exact) mass is 376 g/mol. The van der Waals surface area contributed by atoms with E-state index in [0.717, 1.165) is 50.0 Å². The predicted octanol–water partition coefficient (Wildman–Crippen LogP) is 3.69. The third kappa shape index (κ3) is 2.80. The first kappa shape index (κ1) is 17.7. The van der Waals surface area contributed by atoms with E-state index < -0.39 is 0 Å². The molecule has 5 rings (SSSR count). The van der Waals surface area contributed by atoms with Gasteiger partial charge in [-0.3, -0.25) is 14.4 Å². The highest BCUT2D eigenvalue weighted by molar-refractivity contribution is 5.84. The Morgan fingerprint density at radius 2 is 1.89 bits per heavy atom. The van der Waals surface area contributed by atoms with Crippen molar-refractivity contribution in [2.24, 2.45) is 7.05 Å². The Bertz CT molecular complexity index is 1070. The van der Waals surface area contributed by atoms with Crippen LogP contribution in [0.15, 0.2) is 35.1 Å². The summed E-state index contributed by atoms with van der Waals surface area (Å²) in [5, 5.41) is 6.14. The Balaban J connectivity index is 1.51. The molecule has 2 aromatic heterocycles. The molecule has 0 amide bonds. The highest BCUT2D eigenvalue weighted by Crippen LogP contribution is 2.37. The smallest absolute Gasteiger partial charge is 0.253 e. The molecule has 146 valence electrons. The van der Waals surface area contributed by atoms with Crippen molar-refractivity contribution < 1.29 is 0 Å². The van der Waals surface area contributed by atoms with Crippen LogP contribution in [0, 0.1) is 0 Å². The lowest BCUT2D eigenvalue weighted by atomic mass is 9.88. The van der Waals surface area contributed by atoms with Crippen LogP contribution >= 0.6 is 0 Å². The number of aromatic amines is 1. The van der Waals surface area contributed by atoms with Crippen LogP contribution in [0.1, 0.15) is 60.5 Å². The van der Waals surface area contributed by atoms with Crippen molar-refractivity contribution in [3.63, 3.8) is 0 Å². The number of pyridine rings is 1. The molecule has 0 radical (unpaired) electrons. The van der Waals surface area contributed by atoms with Crippen LogP contribution in [0.25, 0.3) is 11.0 Å². The van der Waals surface area contributed by atoms with Crippen LogP contribution in [0.3, 0.4) is 0 Å². The average molecular weight is 377 g/mol. The fourth-order valence-electron chi connectivity index (χ4n) is 5.19. The van der Waals surface area contributed by atoms with Gasteiger partial charge in [0.1, 0.15) is 5.65 Å². The number of hydrogen-bond acceptors (Lipinski definition) is 3. The molecule has 0 bridgehead atoms. The Kier molecular flexibility index (Phi) is 4.35. The zero-order valence-corrected chi connectivity index (χ0v) is 16.7. The van der Waals surface area contributed by atoms with Crippen molar-refractivity contribution in [1.29, 1.82) is 0 Å². The van der Waals surface area contributed by atoms with Crippen molar-refractivity contribution >= 4 is 11.0 Å². The number of fused-ring (bicyclic) bond motifs is 3. The number of rotatable bonds is 3. The van der Waals surface area contributed by atoms with Crippen LogP contribution < -0.4 is 5.56 Å². The third-order valence-corrected chi connectivity index (χ3v) is 6.79. The standard InChI is InChI=1S/C23H28N4O/c1-15(16-8-4-3-5-9-16)27-13-12-17(14-27)21-20-18-10-6-7-11-19(18)23(28)24-22(20)26(2)25-21/h3-5,8-9,15,17H,6-7,10-14H2,1-2H3,(H,24,28)/t15-,17-/m0/s1. The zero-order valence-electron chi connectivity index (χ0n) is 16.7. The Hall–Kier alpha value is -2.40. The molecule has 5 nitrogen and oxygen atoms in total. The number of hydrogen-bond donors (Lipinski definition) is 1. The van der Waals surface area contributed by atoms with Gasteiger partial charge in [0.15, 0.2) is 0 Å². The van der Waals surface area contributed by atoms with Crippen LogP contribution in [-0.2, 0) is 19.9 Å². The molecule has 2 atom stereocenters. The molecule has 1 saturated heterocycles. The van der Waals surface area contributed by atoms with Gasteiger partial charge in [-0.15, -0.1) is 0 Å². The van der Waals surface area contributed by atoms with Crippen molar-refractivity contribution in [1.82, 2.24) is 19.7 Å². The van der Waals surface area contributed by atoms with E-state index in [0.29, 0.717) is 12.0 Å². The van der Waals surface area contributed by atoms with Crippen molar-refractivity contribution in [2.75, 3.05) is 13.1 Å². The SMILES string of the molecule is C[C@@H](c1ccccc1)N1CC[C@H](c2nn(C)c3[nH]c(=O)c4c(c23)CCCC4)C1. The predicted molar refractivity (Wildman–Crippen MR) is 112 cm³/mol. The van der Waals surface area contributed by atoms with Gasteiger partial charge in [-0.25, -0.2) is 0 Å². The topological polar surface area (TPSA) is 53.9 Å². The van der Waals surface area contributed by atoms with E-state index in [1.165, 1.54) is 28.6 Å². The maximum absolute atomic E-state index is 12.6. The molecule has 0 unspecified atom stereocenters.